The molecule has 1 aromatic rings. The van der Waals surface area contributed by atoms with Crippen molar-refractivity contribution < 1.29 is 4.79 Å². The highest BCUT2D eigenvalue weighted by Crippen LogP contribution is 2.16. The zero-order valence-electron chi connectivity index (χ0n) is 9.17. The third-order valence-corrected chi connectivity index (χ3v) is 2.98. The predicted molar refractivity (Wildman–Crippen MR) is 71.2 cm³/mol. The molecule has 1 aromatic carbocycles. The van der Waals surface area contributed by atoms with Crippen molar-refractivity contribution in [1.29, 1.82) is 0 Å². The summed E-state index contributed by atoms with van der Waals surface area (Å²) in [4.78, 5) is 11.4. The molecule has 2 nitrogen and oxygen atoms in total. The fourth-order valence-corrected chi connectivity index (χ4v) is 2.05. The van der Waals surface area contributed by atoms with Gasteiger partial charge in [0.2, 0.25) is 5.91 Å². The van der Waals surface area contributed by atoms with Gasteiger partial charge < -0.3 is 5.32 Å². The lowest BCUT2D eigenvalue weighted by atomic mass is 10.1. The van der Waals surface area contributed by atoms with E-state index in [9.17, 15) is 4.79 Å². The molecular weight excluding hydrogens is 289 g/mol. The van der Waals surface area contributed by atoms with E-state index < -0.39 is 0 Å². The molecule has 0 aromatic heterocycles. The number of amides is 1. The van der Waals surface area contributed by atoms with Crippen LogP contribution in [0, 0.1) is 0 Å². The molecule has 0 aliphatic carbocycles. The van der Waals surface area contributed by atoms with Crippen LogP contribution < -0.4 is 5.32 Å². The van der Waals surface area contributed by atoms with E-state index >= 15 is 0 Å². The first-order valence-corrected chi connectivity index (χ1v) is 6.72. The summed E-state index contributed by atoms with van der Waals surface area (Å²) in [5.74, 6) is 0.0661. The van der Waals surface area contributed by atoms with Crippen LogP contribution >= 0.6 is 27.5 Å². The van der Waals surface area contributed by atoms with Gasteiger partial charge in [0.25, 0.3) is 0 Å². The molecule has 0 heterocycles. The van der Waals surface area contributed by atoms with Gasteiger partial charge in [-0.15, -0.1) is 0 Å². The monoisotopic (exact) mass is 303 g/mol. The maximum absolute atomic E-state index is 11.4. The lowest BCUT2D eigenvalue weighted by molar-refractivity contribution is -0.121. The Hall–Kier alpha value is -0.540. The Balaban J connectivity index is 2.48. The summed E-state index contributed by atoms with van der Waals surface area (Å²) in [7, 11) is 0. The van der Waals surface area contributed by atoms with Gasteiger partial charge in [0.15, 0.2) is 0 Å². The predicted octanol–water partition coefficient (Wildman–Crippen LogP) is 3.17. The van der Waals surface area contributed by atoms with Crippen molar-refractivity contribution in [2.75, 3.05) is 5.33 Å². The average molecular weight is 305 g/mol. The largest absolute Gasteiger partial charge is 0.353 e. The van der Waals surface area contributed by atoms with E-state index in [1.165, 1.54) is 0 Å². The van der Waals surface area contributed by atoms with Gasteiger partial charge in [0, 0.05) is 22.8 Å². The first-order valence-electron chi connectivity index (χ1n) is 5.22. The molecule has 1 rings (SSSR count). The summed E-state index contributed by atoms with van der Waals surface area (Å²) in [6, 6.07) is 7.81. The van der Waals surface area contributed by atoms with Gasteiger partial charge in [-0.25, -0.2) is 0 Å². The third kappa shape index (κ3) is 4.54. The van der Waals surface area contributed by atoms with Crippen LogP contribution in [0.4, 0.5) is 0 Å². The normalized spacial score (nSPS) is 12.2. The Morgan fingerprint density at radius 1 is 1.50 bits per heavy atom. The van der Waals surface area contributed by atoms with Crippen LogP contribution in [0.5, 0.6) is 0 Å². The van der Waals surface area contributed by atoms with E-state index in [4.69, 9.17) is 11.6 Å². The second-order valence-electron chi connectivity index (χ2n) is 3.70. The molecule has 1 unspecified atom stereocenters. The molecule has 0 saturated carbocycles. The second-order valence-corrected chi connectivity index (χ2v) is 4.90. The van der Waals surface area contributed by atoms with Crippen LogP contribution in [-0.4, -0.2) is 17.3 Å². The molecule has 0 aliphatic rings. The van der Waals surface area contributed by atoms with Gasteiger partial charge in [-0.05, 0) is 25.0 Å². The SMILES string of the molecule is CC(Cc1ccccc1Cl)NC(=O)CCBr. The van der Waals surface area contributed by atoms with Crippen LogP contribution in [0.15, 0.2) is 24.3 Å². The van der Waals surface area contributed by atoms with E-state index in [2.05, 4.69) is 21.2 Å². The van der Waals surface area contributed by atoms with Gasteiger partial charge in [-0.3, -0.25) is 4.79 Å². The molecule has 4 heteroatoms. The number of benzene rings is 1. The summed E-state index contributed by atoms with van der Waals surface area (Å²) < 4.78 is 0. The first-order chi connectivity index (χ1) is 7.63. The van der Waals surface area contributed by atoms with Crippen LogP contribution in [-0.2, 0) is 11.2 Å². The highest BCUT2D eigenvalue weighted by atomic mass is 79.9. The van der Waals surface area contributed by atoms with Crippen molar-refractivity contribution in [3.8, 4) is 0 Å². The fraction of sp³-hybridized carbons (Fsp3) is 0.417. The van der Waals surface area contributed by atoms with Crippen LogP contribution in [0.25, 0.3) is 0 Å². The number of rotatable bonds is 5. The summed E-state index contributed by atoms with van der Waals surface area (Å²) in [6.45, 7) is 1.98. The van der Waals surface area contributed by atoms with Gasteiger partial charge in [0.05, 0.1) is 0 Å². The highest BCUT2D eigenvalue weighted by Gasteiger charge is 2.09. The van der Waals surface area contributed by atoms with Gasteiger partial charge >= 0.3 is 0 Å². The zero-order chi connectivity index (χ0) is 12.0. The fourth-order valence-electron chi connectivity index (χ4n) is 1.48. The molecule has 0 aliphatic heterocycles. The van der Waals surface area contributed by atoms with Crippen molar-refractivity contribution in [3.05, 3.63) is 34.9 Å². The molecule has 0 radical (unpaired) electrons. The molecule has 88 valence electrons. The van der Waals surface area contributed by atoms with E-state index in [0.717, 1.165) is 17.0 Å². The smallest absolute Gasteiger partial charge is 0.221 e. The van der Waals surface area contributed by atoms with Crippen molar-refractivity contribution in [2.45, 2.75) is 25.8 Å². The minimum absolute atomic E-state index is 0.0661. The Bertz CT molecular complexity index is 357. The molecule has 1 amide bonds. The number of carbonyl (C=O) groups is 1. The Labute approximate surface area is 110 Å². The lowest BCUT2D eigenvalue weighted by Crippen LogP contribution is -2.34. The van der Waals surface area contributed by atoms with Crippen LogP contribution in [0.2, 0.25) is 5.02 Å². The van der Waals surface area contributed by atoms with Crippen molar-refractivity contribution in [1.82, 2.24) is 5.32 Å². The van der Waals surface area contributed by atoms with Crippen LogP contribution in [0.3, 0.4) is 0 Å². The number of carbonyl (C=O) groups excluding carboxylic acids is 1. The average Bonchev–Trinajstić information content (AvgIpc) is 2.21. The van der Waals surface area contributed by atoms with Crippen molar-refractivity contribution >= 4 is 33.4 Å². The minimum Gasteiger partial charge on any atom is -0.353 e. The maximum Gasteiger partial charge on any atom is 0.221 e. The lowest BCUT2D eigenvalue weighted by Gasteiger charge is -2.14. The van der Waals surface area contributed by atoms with E-state index in [0.29, 0.717) is 11.8 Å². The second kappa shape index (κ2) is 6.92. The van der Waals surface area contributed by atoms with Gasteiger partial charge in [-0.1, -0.05) is 45.7 Å². The van der Waals surface area contributed by atoms with E-state index in [-0.39, 0.29) is 11.9 Å². The highest BCUT2D eigenvalue weighted by molar-refractivity contribution is 9.09. The Kier molecular flexibility index (Phi) is 5.85. The summed E-state index contributed by atoms with van der Waals surface area (Å²) >= 11 is 9.28. The van der Waals surface area contributed by atoms with E-state index in [1.807, 2.05) is 31.2 Å². The molecule has 0 fully saturated rings. The quantitative estimate of drug-likeness (QED) is 0.832. The number of hydrogen-bond acceptors (Lipinski definition) is 1. The minimum atomic E-state index is 0.0661. The Morgan fingerprint density at radius 3 is 2.81 bits per heavy atom. The first kappa shape index (κ1) is 13.5. The summed E-state index contributed by atoms with van der Waals surface area (Å²) in [5.41, 5.74) is 1.07. The molecule has 0 saturated heterocycles. The number of halogens is 2. The topological polar surface area (TPSA) is 29.1 Å². The number of hydrogen-bond donors (Lipinski definition) is 1. The van der Waals surface area contributed by atoms with Crippen molar-refractivity contribution in [2.24, 2.45) is 0 Å². The van der Waals surface area contributed by atoms with Gasteiger partial charge in [0.1, 0.15) is 0 Å². The molecule has 0 bridgehead atoms. The van der Waals surface area contributed by atoms with Gasteiger partial charge in [-0.2, -0.15) is 0 Å². The maximum atomic E-state index is 11.4. The number of nitrogens with one attached hydrogen (secondary N) is 1. The molecule has 1 N–H and O–H groups in total. The molecule has 16 heavy (non-hydrogen) atoms. The standard InChI is InChI=1S/C12H15BrClNO/c1-9(15-12(16)6-7-13)8-10-4-2-3-5-11(10)14/h2-5,9H,6-8H2,1H3,(H,15,16). The Morgan fingerprint density at radius 2 is 2.19 bits per heavy atom. The summed E-state index contributed by atoms with van der Waals surface area (Å²) in [6.07, 6.45) is 1.26. The third-order valence-electron chi connectivity index (χ3n) is 2.21. The number of alkyl halides is 1. The molecular formula is C12H15BrClNO. The summed E-state index contributed by atoms with van der Waals surface area (Å²) in [5, 5.41) is 4.37. The zero-order valence-corrected chi connectivity index (χ0v) is 11.5. The van der Waals surface area contributed by atoms with Crippen molar-refractivity contribution in [3.63, 3.8) is 0 Å². The molecule has 1 atom stereocenters. The molecule has 0 spiro atoms. The van der Waals surface area contributed by atoms with Crippen LogP contribution in [0.1, 0.15) is 18.9 Å². The van der Waals surface area contributed by atoms with E-state index in [1.54, 1.807) is 0 Å².